The minimum atomic E-state index is -0.0180. The van der Waals surface area contributed by atoms with E-state index < -0.39 is 0 Å². The van der Waals surface area contributed by atoms with Gasteiger partial charge in [0.15, 0.2) is 0 Å². The lowest BCUT2D eigenvalue weighted by molar-refractivity contribution is 0.296. The van der Waals surface area contributed by atoms with Crippen LogP contribution < -0.4 is 10.3 Å². The summed E-state index contributed by atoms with van der Waals surface area (Å²) < 4.78 is 8.40. The van der Waals surface area contributed by atoms with Crippen LogP contribution in [0, 0.1) is 0 Å². The second-order valence-corrected chi connectivity index (χ2v) is 8.34. The van der Waals surface area contributed by atoms with E-state index in [2.05, 4.69) is 27.8 Å². The number of para-hydroxylation sites is 1. The summed E-state index contributed by atoms with van der Waals surface area (Å²) in [7, 11) is 0. The van der Waals surface area contributed by atoms with Gasteiger partial charge < -0.3 is 4.74 Å². The number of thiophene rings is 1. The minimum absolute atomic E-state index is 0.0180. The lowest BCUT2D eigenvalue weighted by Crippen LogP contribution is -2.23. The monoisotopic (exact) mass is 454 g/mol. The number of hydrogen-bond acceptors (Lipinski definition) is 4. The summed E-state index contributed by atoms with van der Waals surface area (Å²) in [5, 5.41) is 0.700. The molecule has 0 amide bonds. The molecule has 0 spiro atoms. The van der Waals surface area contributed by atoms with Crippen LogP contribution in [0.2, 0.25) is 0 Å². The third kappa shape index (κ3) is 3.75. The van der Waals surface area contributed by atoms with E-state index in [0.717, 1.165) is 32.6 Å². The van der Waals surface area contributed by atoms with Gasteiger partial charge in [0.25, 0.3) is 5.56 Å². The molecule has 4 nitrogen and oxygen atoms in total. The predicted octanol–water partition coefficient (Wildman–Crippen LogP) is 5.53. The average molecular weight is 455 g/mol. The molecule has 6 heteroatoms. The van der Waals surface area contributed by atoms with Crippen LogP contribution in [-0.4, -0.2) is 16.2 Å². The first-order valence-electron chi connectivity index (χ1n) is 9.12. The molecule has 0 aliphatic heterocycles. The van der Waals surface area contributed by atoms with Crippen molar-refractivity contribution in [2.45, 2.75) is 19.9 Å². The predicted molar refractivity (Wildman–Crippen MR) is 118 cm³/mol. The van der Waals surface area contributed by atoms with Gasteiger partial charge in [0, 0.05) is 14.9 Å². The molecule has 4 rings (SSSR count). The molecule has 4 aromatic rings. The van der Waals surface area contributed by atoms with Gasteiger partial charge in [-0.1, -0.05) is 53.2 Å². The van der Waals surface area contributed by atoms with Crippen molar-refractivity contribution in [3.63, 3.8) is 0 Å². The molecule has 0 saturated carbocycles. The van der Waals surface area contributed by atoms with Crippen LogP contribution in [0.25, 0.3) is 21.3 Å². The molecule has 28 heavy (non-hydrogen) atoms. The zero-order valence-electron chi connectivity index (χ0n) is 15.4. The SMILES string of the molecule is CCc1sc2ncn(CCOc3ccccc3)c(=O)c2c1-c1ccc(Br)cc1. The van der Waals surface area contributed by atoms with Gasteiger partial charge in [-0.3, -0.25) is 9.36 Å². The maximum absolute atomic E-state index is 13.2. The minimum Gasteiger partial charge on any atom is -0.492 e. The molecule has 0 saturated heterocycles. The average Bonchev–Trinajstić information content (AvgIpc) is 3.11. The summed E-state index contributed by atoms with van der Waals surface area (Å²) in [6, 6.07) is 17.7. The van der Waals surface area contributed by atoms with Crippen molar-refractivity contribution in [2.24, 2.45) is 0 Å². The summed E-state index contributed by atoms with van der Waals surface area (Å²) in [6.45, 7) is 2.97. The fourth-order valence-electron chi connectivity index (χ4n) is 3.18. The smallest absolute Gasteiger partial charge is 0.262 e. The van der Waals surface area contributed by atoms with Crippen LogP contribution in [0.3, 0.4) is 0 Å². The molecule has 0 bridgehead atoms. The van der Waals surface area contributed by atoms with Crippen molar-refractivity contribution in [1.82, 2.24) is 9.55 Å². The first-order valence-corrected chi connectivity index (χ1v) is 10.7. The van der Waals surface area contributed by atoms with Crippen LogP contribution in [0.5, 0.6) is 5.75 Å². The summed E-state index contributed by atoms with van der Waals surface area (Å²) in [5.74, 6) is 0.795. The normalized spacial score (nSPS) is 11.1. The van der Waals surface area contributed by atoms with Crippen LogP contribution in [0.1, 0.15) is 11.8 Å². The quantitative estimate of drug-likeness (QED) is 0.384. The van der Waals surface area contributed by atoms with E-state index in [9.17, 15) is 4.79 Å². The van der Waals surface area contributed by atoms with Gasteiger partial charge >= 0.3 is 0 Å². The molecule has 2 aromatic carbocycles. The first-order chi connectivity index (χ1) is 13.7. The lowest BCUT2D eigenvalue weighted by Gasteiger charge is -2.09. The van der Waals surface area contributed by atoms with Gasteiger partial charge in [0.05, 0.1) is 18.3 Å². The zero-order chi connectivity index (χ0) is 19.5. The van der Waals surface area contributed by atoms with Crippen molar-refractivity contribution in [3.8, 4) is 16.9 Å². The number of fused-ring (bicyclic) bond motifs is 1. The number of aromatic nitrogens is 2. The maximum Gasteiger partial charge on any atom is 0.262 e. The van der Waals surface area contributed by atoms with Gasteiger partial charge in [-0.2, -0.15) is 0 Å². The second-order valence-electron chi connectivity index (χ2n) is 6.35. The van der Waals surface area contributed by atoms with E-state index in [1.165, 1.54) is 4.88 Å². The Morgan fingerprint density at radius 3 is 2.57 bits per heavy atom. The summed E-state index contributed by atoms with van der Waals surface area (Å²) in [6.07, 6.45) is 2.49. The molecule has 0 unspecified atom stereocenters. The topological polar surface area (TPSA) is 44.1 Å². The van der Waals surface area contributed by atoms with Crippen molar-refractivity contribution < 1.29 is 4.74 Å². The highest BCUT2D eigenvalue weighted by Crippen LogP contribution is 2.36. The van der Waals surface area contributed by atoms with Crippen molar-refractivity contribution in [1.29, 1.82) is 0 Å². The van der Waals surface area contributed by atoms with E-state index in [0.29, 0.717) is 18.5 Å². The number of aryl methyl sites for hydroxylation is 1. The van der Waals surface area contributed by atoms with Crippen LogP contribution in [0.4, 0.5) is 0 Å². The zero-order valence-corrected chi connectivity index (χ0v) is 17.8. The van der Waals surface area contributed by atoms with E-state index in [-0.39, 0.29) is 5.56 Å². The summed E-state index contributed by atoms with van der Waals surface area (Å²) in [5.41, 5.74) is 2.03. The van der Waals surface area contributed by atoms with Gasteiger partial charge in [-0.15, -0.1) is 11.3 Å². The van der Waals surface area contributed by atoms with Gasteiger partial charge in [0.1, 0.15) is 17.2 Å². The number of nitrogens with zero attached hydrogens (tertiary/aromatic N) is 2. The van der Waals surface area contributed by atoms with Crippen molar-refractivity contribution in [2.75, 3.05) is 6.61 Å². The molecule has 2 heterocycles. The van der Waals surface area contributed by atoms with Gasteiger partial charge in [-0.05, 0) is 36.2 Å². The number of hydrogen-bond donors (Lipinski definition) is 0. The van der Waals surface area contributed by atoms with E-state index in [1.54, 1.807) is 22.2 Å². The Morgan fingerprint density at radius 2 is 1.86 bits per heavy atom. The van der Waals surface area contributed by atoms with E-state index >= 15 is 0 Å². The van der Waals surface area contributed by atoms with E-state index in [4.69, 9.17) is 4.74 Å². The van der Waals surface area contributed by atoms with E-state index in [1.807, 2.05) is 54.6 Å². The second kappa shape index (κ2) is 8.29. The Bertz CT molecular complexity index is 1150. The van der Waals surface area contributed by atoms with Gasteiger partial charge in [0.2, 0.25) is 0 Å². The third-order valence-corrected chi connectivity index (χ3v) is 6.32. The highest BCUT2D eigenvalue weighted by molar-refractivity contribution is 9.10. The third-order valence-electron chi connectivity index (χ3n) is 4.55. The molecule has 0 aliphatic rings. The molecule has 2 aromatic heterocycles. The van der Waals surface area contributed by atoms with Crippen molar-refractivity contribution >= 4 is 37.5 Å². The number of rotatable bonds is 6. The Morgan fingerprint density at radius 1 is 1.11 bits per heavy atom. The molecule has 0 aliphatic carbocycles. The maximum atomic E-state index is 13.2. The standard InChI is InChI=1S/C22H19BrN2O2S/c1-2-18-19(15-8-10-16(23)11-9-15)20-21(28-18)24-14-25(22(20)26)12-13-27-17-6-4-3-5-7-17/h3-11,14H,2,12-13H2,1H3. The Labute approximate surface area is 175 Å². The number of benzene rings is 2. The molecule has 0 N–H and O–H groups in total. The highest BCUT2D eigenvalue weighted by atomic mass is 79.9. The van der Waals surface area contributed by atoms with Crippen LogP contribution in [-0.2, 0) is 13.0 Å². The highest BCUT2D eigenvalue weighted by Gasteiger charge is 2.18. The Hall–Kier alpha value is -2.44. The fourth-order valence-corrected chi connectivity index (χ4v) is 4.54. The summed E-state index contributed by atoms with van der Waals surface area (Å²) in [4.78, 5) is 19.8. The molecule has 0 fully saturated rings. The van der Waals surface area contributed by atoms with Crippen molar-refractivity contribution in [3.05, 3.63) is 80.6 Å². The lowest BCUT2D eigenvalue weighted by atomic mass is 10.0. The fraction of sp³-hybridized carbons (Fsp3) is 0.182. The molecular formula is C22H19BrN2O2S. The largest absolute Gasteiger partial charge is 0.492 e. The summed E-state index contributed by atoms with van der Waals surface area (Å²) >= 11 is 5.08. The molecule has 142 valence electrons. The molecule has 0 radical (unpaired) electrons. The van der Waals surface area contributed by atoms with Gasteiger partial charge in [-0.25, -0.2) is 4.98 Å². The molecular weight excluding hydrogens is 436 g/mol. The Balaban J connectivity index is 1.70. The van der Waals surface area contributed by atoms with Crippen LogP contribution >= 0.6 is 27.3 Å². The first kappa shape index (κ1) is 18.9. The number of ether oxygens (including phenoxy) is 1. The Kier molecular flexibility index (Phi) is 5.59. The number of halogens is 1. The van der Waals surface area contributed by atoms with Crippen LogP contribution in [0.15, 0.2) is 70.2 Å². The molecule has 0 atom stereocenters.